The van der Waals surface area contributed by atoms with Gasteiger partial charge < -0.3 is 9.84 Å². The van der Waals surface area contributed by atoms with Gasteiger partial charge in [0.25, 0.3) is 0 Å². The van der Waals surface area contributed by atoms with Crippen molar-refractivity contribution in [1.29, 1.82) is 0 Å². The number of hydrogen-bond acceptors (Lipinski definition) is 3. The fourth-order valence-corrected chi connectivity index (χ4v) is 2.63. The summed E-state index contributed by atoms with van der Waals surface area (Å²) in [4.78, 5) is 12.0. The molecule has 1 N–H and O–H groups in total. The molecule has 0 bridgehead atoms. The molecule has 17 heavy (non-hydrogen) atoms. The van der Waals surface area contributed by atoms with Gasteiger partial charge in [-0.25, -0.2) is 0 Å². The second-order valence-corrected chi connectivity index (χ2v) is 5.74. The molecule has 3 nitrogen and oxygen atoms in total. The maximum atomic E-state index is 10.7. The molecular formula is C13H16O3S. The summed E-state index contributed by atoms with van der Waals surface area (Å²) in [6.45, 7) is 3.40. The lowest BCUT2D eigenvalue weighted by Gasteiger charge is -2.25. The number of ether oxygens (including phenoxy) is 1. The van der Waals surface area contributed by atoms with Crippen molar-refractivity contribution < 1.29 is 14.6 Å². The van der Waals surface area contributed by atoms with Crippen LogP contribution in [0.25, 0.3) is 0 Å². The minimum Gasteiger partial charge on any atom is -0.481 e. The van der Waals surface area contributed by atoms with Crippen LogP contribution in [0, 0.1) is 5.92 Å². The molecular weight excluding hydrogens is 236 g/mol. The van der Waals surface area contributed by atoms with Gasteiger partial charge in [0.15, 0.2) is 0 Å². The largest absolute Gasteiger partial charge is 0.481 e. The summed E-state index contributed by atoms with van der Waals surface area (Å²) in [5, 5.41) is 9.42. The van der Waals surface area contributed by atoms with E-state index in [4.69, 9.17) is 9.84 Å². The summed E-state index contributed by atoms with van der Waals surface area (Å²) in [7, 11) is 0. The number of carboxylic acids is 1. The highest BCUT2D eigenvalue weighted by Crippen LogP contribution is 2.28. The van der Waals surface area contributed by atoms with E-state index in [9.17, 15) is 4.79 Å². The average Bonchev–Trinajstić information content (AvgIpc) is 2.25. The van der Waals surface area contributed by atoms with Crippen LogP contribution < -0.4 is 0 Å². The van der Waals surface area contributed by atoms with Gasteiger partial charge in [-0.15, -0.1) is 11.8 Å². The monoisotopic (exact) mass is 252 g/mol. The van der Waals surface area contributed by atoms with Crippen molar-refractivity contribution in [3.63, 3.8) is 0 Å². The molecule has 2 rings (SSSR count). The van der Waals surface area contributed by atoms with Gasteiger partial charge >= 0.3 is 5.97 Å². The van der Waals surface area contributed by atoms with E-state index in [1.807, 2.05) is 23.9 Å². The Hall–Kier alpha value is -1.00. The Labute approximate surface area is 105 Å². The molecule has 0 aromatic heterocycles. The van der Waals surface area contributed by atoms with Crippen molar-refractivity contribution in [1.82, 2.24) is 0 Å². The lowest BCUT2D eigenvalue weighted by Crippen LogP contribution is -2.29. The first-order valence-corrected chi connectivity index (χ1v) is 6.59. The number of rotatable bonds is 5. The van der Waals surface area contributed by atoms with Crippen LogP contribution in [0.2, 0.25) is 0 Å². The van der Waals surface area contributed by atoms with Crippen LogP contribution in [-0.4, -0.2) is 29.5 Å². The highest BCUT2D eigenvalue weighted by Gasteiger charge is 2.19. The Morgan fingerprint density at radius 2 is 2.12 bits per heavy atom. The van der Waals surface area contributed by atoms with Crippen LogP contribution in [0.15, 0.2) is 29.2 Å². The zero-order valence-corrected chi connectivity index (χ0v) is 10.6. The zero-order valence-electron chi connectivity index (χ0n) is 9.76. The van der Waals surface area contributed by atoms with Gasteiger partial charge in [0.2, 0.25) is 0 Å². The molecule has 1 saturated heterocycles. The van der Waals surface area contributed by atoms with E-state index in [1.54, 1.807) is 6.92 Å². The van der Waals surface area contributed by atoms with Crippen LogP contribution in [0.1, 0.15) is 12.5 Å². The summed E-state index contributed by atoms with van der Waals surface area (Å²) in [6, 6.07) is 8.16. The molecule has 1 atom stereocenters. The van der Waals surface area contributed by atoms with E-state index in [1.165, 1.54) is 4.90 Å². The Morgan fingerprint density at radius 3 is 2.59 bits per heavy atom. The first-order chi connectivity index (χ1) is 8.15. The fraction of sp³-hybridized carbons (Fsp3) is 0.462. The van der Waals surface area contributed by atoms with Crippen molar-refractivity contribution >= 4 is 17.7 Å². The van der Waals surface area contributed by atoms with Crippen molar-refractivity contribution in [2.45, 2.75) is 23.5 Å². The summed E-state index contributed by atoms with van der Waals surface area (Å²) >= 11 is 1.82. The van der Waals surface area contributed by atoms with Gasteiger partial charge in [0, 0.05) is 4.90 Å². The predicted octanol–water partition coefficient (Wildman–Crippen LogP) is 2.44. The van der Waals surface area contributed by atoms with E-state index < -0.39 is 5.97 Å². The number of aliphatic carboxylic acids is 1. The van der Waals surface area contributed by atoms with Crippen LogP contribution in [0.5, 0.6) is 0 Å². The molecule has 0 spiro atoms. The van der Waals surface area contributed by atoms with Gasteiger partial charge in [0.1, 0.15) is 0 Å². The molecule has 1 fully saturated rings. The molecule has 1 aromatic rings. The first-order valence-electron chi connectivity index (χ1n) is 5.71. The SMILES string of the molecule is CC(Cc1ccc(SC2COC2)cc1)C(=O)O. The normalized spacial score (nSPS) is 17.5. The highest BCUT2D eigenvalue weighted by atomic mass is 32.2. The van der Waals surface area contributed by atoms with Crippen LogP contribution in [-0.2, 0) is 16.0 Å². The lowest BCUT2D eigenvalue weighted by atomic mass is 10.0. The minimum absolute atomic E-state index is 0.325. The summed E-state index contributed by atoms with van der Waals surface area (Å²) in [5.41, 5.74) is 1.08. The maximum Gasteiger partial charge on any atom is 0.306 e. The van der Waals surface area contributed by atoms with E-state index in [-0.39, 0.29) is 5.92 Å². The molecule has 0 saturated carbocycles. The summed E-state index contributed by atoms with van der Waals surface area (Å²) in [5.74, 6) is -1.07. The number of thioether (sulfide) groups is 1. The standard InChI is InChI=1S/C13H16O3S/c1-9(13(14)15)6-10-2-4-11(5-3-10)17-12-7-16-8-12/h2-5,9,12H,6-8H2,1H3,(H,14,15). The van der Waals surface area contributed by atoms with E-state index in [0.717, 1.165) is 18.8 Å². The topological polar surface area (TPSA) is 46.5 Å². The lowest BCUT2D eigenvalue weighted by molar-refractivity contribution is -0.141. The molecule has 1 heterocycles. The van der Waals surface area contributed by atoms with Crippen LogP contribution >= 0.6 is 11.8 Å². The van der Waals surface area contributed by atoms with Gasteiger partial charge in [-0.2, -0.15) is 0 Å². The number of benzene rings is 1. The molecule has 1 aromatic carbocycles. The zero-order chi connectivity index (χ0) is 12.3. The number of carboxylic acid groups (broad SMARTS) is 1. The van der Waals surface area contributed by atoms with E-state index in [0.29, 0.717) is 11.7 Å². The maximum absolute atomic E-state index is 10.7. The third-order valence-electron chi connectivity index (χ3n) is 2.80. The molecule has 1 unspecified atom stereocenters. The summed E-state index contributed by atoms with van der Waals surface area (Å²) in [6.07, 6.45) is 0.590. The average molecular weight is 252 g/mol. The third-order valence-corrected chi connectivity index (χ3v) is 3.95. The minimum atomic E-state index is -0.741. The number of hydrogen-bond donors (Lipinski definition) is 1. The van der Waals surface area contributed by atoms with E-state index >= 15 is 0 Å². The second-order valence-electron chi connectivity index (χ2n) is 4.36. The molecule has 4 heteroatoms. The molecule has 1 aliphatic heterocycles. The summed E-state index contributed by atoms with van der Waals surface area (Å²) < 4.78 is 5.12. The molecule has 92 valence electrons. The molecule has 1 aliphatic rings. The Kier molecular flexibility index (Phi) is 4.07. The highest BCUT2D eigenvalue weighted by molar-refractivity contribution is 8.00. The van der Waals surface area contributed by atoms with Crippen LogP contribution in [0.3, 0.4) is 0 Å². The fourth-order valence-electron chi connectivity index (χ4n) is 1.62. The van der Waals surface area contributed by atoms with Gasteiger partial charge in [-0.1, -0.05) is 19.1 Å². The molecule has 0 amide bonds. The van der Waals surface area contributed by atoms with Gasteiger partial charge in [0.05, 0.1) is 24.4 Å². The quantitative estimate of drug-likeness (QED) is 0.874. The Balaban J connectivity index is 1.90. The van der Waals surface area contributed by atoms with Gasteiger partial charge in [-0.3, -0.25) is 4.79 Å². The smallest absolute Gasteiger partial charge is 0.306 e. The van der Waals surface area contributed by atoms with Crippen molar-refractivity contribution in [2.24, 2.45) is 5.92 Å². The van der Waals surface area contributed by atoms with Gasteiger partial charge in [-0.05, 0) is 24.1 Å². The van der Waals surface area contributed by atoms with Crippen molar-refractivity contribution in [3.8, 4) is 0 Å². The predicted molar refractivity (Wildman–Crippen MR) is 67.4 cm³/mol. The van der Waals surface area contributed by atoms with E-state index in [2.05, 4.69) is 12.1 Å². The van der Waals surface area contributed by atoms with Crippen LogP contribution in [0.4, 0.5) is 0 Å². The van der Waals surface area contributed by atoms with Crippen molar-refractivity contribution in [2.75, 3.05) is 13.2 Å². The van der Waals surface area contributed by atoms with Crippen molar-refractivity contribution in [3.05, 3.63) is 29.8 Å². The molecule has 0 aliphatic carbocycles. The molecule has 0 radical (unpaired) electrons. The number of carbonyl (C=O) groups is 1. The third kappa shape index (κ3) is 3.48. The Bertz CT molecular complexity index is 384. The first kappa shape index (κ1) is 12.5. The second kappa shape index (κ2) is 5.56. The Morgan fingerprint density at radius 1 is 1.47 bits per heavy atom.